The molecule has 3 saturated heterocycles. The Hall–Kier alpha value is -3.57. The van der Waals surface area contributed by atoms with Crippen LogP contribution in [0.15, 0.2) is 49.6 Å². The fourth-order valence-electron chi connectivity index (χ4n) is 7.73. The third kappa shape index (κ3) is 5.23. The fourth-order valence-corrected chi connectivity index (χ4v) is 7.73. The van der Waals surface area contributed by atoms with Gasteiger partial charge in [0.15, 0.2) is 0 Å². The van der Waals surface area contributed by atoms with Crippen molar-refractivity contribution < 1.29 is 29.0 Å². The van der Waals surface area contributed by atoms with Crippen molar-refractivity contribution in [2.24, 2.45) is 17.8 Å². The highest BCUT2D eigenvalue weighted by molar-refractivity contribution is 5.98. The number of likely N-dealkylation sites (tertiary alicyclic amines) is 1. The number of rotatable bonds is 15. The Kier molecular flexibility index (Phi) is 9.27. The molecule has 0 radical (unpaired) electrons. The second kappa shape index (κ2) is 12.8. The summed E-state index contributed by atoms with van der Waals surface area (Å²) in [6, 6.07) is 5.82. The van der Waals surface area contributed by atoms with Gasteiger partial charge in [0.25, 0.3) is 0 Å². The number of unbranched alkanes of at least 4 members (excludes halogenated alkanes) is 1. The standard InChI is InChI=1S/C33H45N5O6/c1-6-9-12-18-43-31(42)27-26-29(40)38(23(20-39)19-22(4)5)28(33(26)16-15-32(27,8-3)44-33)30(41)36(17-7-2)21-37-25-14-11-10-13-24(25)34-35-37/h6-7,10-11,13-14,22-23,26-28,39H,1-2,8-9,12,15-21H2,3-5H3/t23-,26+,27+,28?,32-,33?/m1/s1. The zero-order chi connectivity index (χ0) is 31.6. The number of nitrogens with zero attached hydrogens (tertiary/aromatic N) is 5. The molecule has 1 aromatic heterocycles. The Morgan fingerprint density at radius 2 is 2.02 bits per heavy atom. The highest BCUT2D eigenvalue weighted by atomic mass is 16.6. The van der Waals surface area contributed by atoms with Crippen LogP contribution in [0.5, 0.6) is 0 Å². The molecule has 11 nitrogen and oxygen atoms in total. The van der Waals surface area contributed by atoms with Gasteiger partial charge in [0.2, 0.25) is 11.8 Å². The van der Waals surface area contributed by atoms with E-state index in [1.807, 2.05) is 45.0 Å². The summed E-state index contributed by atoms with van der Waals surface area (Å²) in [6.07, 6.45) is 6.70. The maximum Gasteiger partial charge on any atom is 0.312 e. The Morgan fingerprint density at radius 3 is 2.70 bits per heavy atom. The lowest BCUT2D eigenvalue weighted by Crippen LogP contribution is -2.59. The Bertz CT molecular complexity index is 1410. The predicted molar refractivity (Wildman–Crippen MR) is 164 cm³/mol. The molecule has 3 aliphatic heterocycles. The van der Waals surface area contributed by atoms with Gasteiger partial charge in [-0.05, 0) is 56.6 Å². The first-order valence-corrected chi connectivity index (χ1v) is 15.8. The van der Waals surface area contributed by atoms with Crippen LogP contribution in [0.25, 0.3) is 11.0 Å². The van der Waals surface area contributed by atoms with Crippen LogP contribution in [-0.4, -0.2) is 90.7 Å². The number of aliphatic hydroxyl groups is 1. The van der Waals surface area contributed by atoms with E-state index < -0.39 is 41.1 Å². The van der Waals surface area contributed by atoms with Crippen molar-refractivity contribution in [2.75, 3.05) is 19.8 Å². The zero-order valence-electron chi connectivity index (χ0n) is 26.1. The van der Waals surface area contributed by atoms with Gasteiger partial charge >= 0.3 is 5.97 Å². The van der Waals surface area contributed by atoms with Crippen molar-refractivity contribution in [3.8, 4) is 0 Å². The van der Waals surface area contributed by atoms with E-state index in [-0.39, 0.29) is 44.2 Å². The fraction of sp³-hybridized carbons (Fsp3) is 0.606. The third-order valence-corrected chi connectivity index (χ3v) is 9.64. The first-order chi connectivity index (χ1) is 21.2. The molecular weight excluding hydrogens is 562 g/mol. The van der Waals surface area contributed by atoms with Gasteiger partial charge in [-0.15, -0.1) is 18.3 Å². The number of para-hydroxylation sites is 1. The molecule has 1 N–H and O–H groups in total. The Morgan fingerprint density at radius 1 is 1.25 bits per heavy atom. The summed E-state index contributed by atoms with van der Waals surface area (Å²) in [5, 5.41) is 19.1. The lowest BCUT2D eigenvalue weighted by Gasteiger charge is -2.40. The monoisotopic (exact) mass is 607 g/mol. The minimum Gasteiger partial charge on any atom is -0.465 e. The van der Waals surface area contributed by atoms with Crippen molar-refractivity contribution in [3.05, 3.63) is 49.6 Å². The van der Waals surface area contributed by atoms with Crippen molar-refractivity contribution in [2.45, 2.75) is 89.3 Å². The second-order valence-corrected chi connectivity index (χ2v) is 12.7. The largest absolute Gasteiger partial charge is 0.465 e. The molecule has 3 aliphatic rings. The predicted octanol–water partition coefficient (Wildman–Crippen LogP) is 3.47. The first kappa shape index (κ1) is 31.8. The minimum atomic E-state index is -1.23. The number of hydrogen-bond donors (Lipinski definition) is 1. The number of esters is 1. The molecule has 2 unspecified atom stereocenters. The highest BCUT2D eigenvalue weighted by Gasteiger charge is 2.79. The van der Waals surface area contributed by atoms with Crippen LogP contribution >= 0.6 is 0 Å². The maximum atomic E-state index is 14.8. The van der Waals surface area contributed by atoms with Gasteiger partial charge in [-0.2, -0.15) is 0 Å². The van der Waals surface area contributed by atoms with Gasteiger partial charge in [0.05, 0.1) is 36.3 Å². The van der Waals surface area contributed by atoms with Crippen LogP contribution in [0.1, 0.15) is 59.3 Å². The third-order valence-electron chi connectivity index (χ3n) is 9.64. The van der Waals surface area contributed by atoms with Crippen LogP contribution in [-0.2, 0) is 30.5 Å². The van der Waals surface area contributed by atoms with Gasteiger partial charge in [0.1, 0.15) is 29.7 Å². The zero-order valence-corrected chi connectivity index (χ0v) is 26.1. The first-order valence-electron chi connectivity index (χ1n) is 15.8. The van der Waals surface area contributed by atoms with Gasteiger partial charge in [-0.3, -0.25) is 14.4 Å². The molecular formula is C33H45N5O6. The van der Waals surface area contributed by atoms with Crippen molar-refractivity contribution in [1.29, 1.82) is 0 Å². The lowest BCUT2D eigenvalue weighted by atomic mass is 9.65. The van der Waals surface area contributed by atoms with E-state index in [0.717, 1.165) is 5.52 Å². The number of aromatic nitrogens is 3. The second-order valence-electron chi connectivity index (χ2n) is 12.7. The number of ether oxygens (including phenoxy) is 2. The molecule has 2 bridgehead atoms. The van der Waals surface area contributed by atoms with E-state index >= 15 is 0 Å². The summed E-state index contributed by atoms with van der Waals surface area (Å²) in [5.74, 6) is -2.74. The van der Waals surface area contributed by atoms with Gasteiger partial charge < -0.3 is 24.4 Å². The number of benzene rings is 1. The summed E-state index contributed by atoms with van der Waals surface area (Å²) in [5.41, 5.74) is -0.675. The molecule has 1 aromatic carbocycles. The minimum absolute atomic E-state index is 0.0757. The van der Waals surface area contributed by atoms with E-state index in [1.54, 1.807) is 21.7 Å². The quantitative estimate of drug-likeness (QED) is 0.185. The van der Waals surface area contributed by atoms with Gasteiger partial charge in [-0.1, -0.05) is 50.3 Å². The van der Waals surface area contributed by atoms with Crippen LogP contribution in [0.3, 0.4) is 0 Å². The maximum absolute atomic E-state index is 14.8. The van der Waals surface area contributed by atoms with Crippen molar-refractivity contribution in [1.82, 2.24) is 24.8 Å². The van der Waals surface area contributed by atoms with E-state index in [4.69, 9.17) is 9.47 Å². The molecule has 6 atom stereocenters. The van der Waals surface area contributed by atoms with Crippen LogP contribution < -0.4 is 0 Å². The lowest BCUT2D eigenvalue weighted by molar-refractivity contribution is -0.164. The molecule has 4 heterocycles. The number of aliphatic hydroxyl groups excluding tert-OH is 1. The SMILES string of the molecule is C=CCCCOC(=O)[C@@H]1[C@H]2C(=O)N([C@@H](CO)CC(C)C)C(C(=O)N(CC=C)Cn3nnc4ccccc43)C23CC[C@@]1(CC)O3. The summed E-state index contributed by atoms with van der Waals surface area (Å²) in [4.78, 5) is 46.3. The Balaban J connectivity index is 1.56. The number of carbonyl (C=O) groups is 3. The van der Waals surface area contributed by atoms with E-state index in [1.165, 1.54) is 4.90 Å². The van der Waals surface area contributed by atoms with E-state index in [0.29, 0.717) is 44.0 Å². The van der Waals surface area contributed by atoms with Gasteiger partial charge in [-0.25, -0.2) is 4.68 Å². The summed E-state index contributed by atoms with van der Waals surface area (Å²) in [7, 11) is 0. The molecule has 3 fully saturated rings. The number of allylic oxidation sites excluding steroid dienone is 1. The molecule has 5 rings (SSSR count). The molecule has 1 spiro atoms. The summed E-state index contributed by atoms with van der Waals surface area (Å²) >= 11 is 0. The number of hydrogen-bond acceptors (Lipinski definition) is 8. The number of amides is 2. The highest BCUT2D eigenvalue weighted by Crippen LogP contribution is 2.65. The molecule has 2 amide bonds. The van der Waals surface area contributed by atoms with Crippen LogP contribution in [0.2, 0.25) is 0 Å². The summed E-state index contributed by atoms with van der Waals surface area (Å²) in [6.45, 7) is 13.7. The molecule has 0 saturated carbocycles. The molecule has 0 aliphatic carbocycles. The smallest absolute Gasteiger partial charge is 0.312 e. The number of fused-ring (bicyclic) bond motifs is 2. The van der Waals surface area contributed by atoms with Gasteiger partial charge in [0, 0.05) is 6.54 Å². The molecule has 2 aromatic rings. The molecule has 11 heteroatoms. The van der Waals surface area contributed by atoms with Crippen LogP contribution in [0.4, 0.5) is 0 Å². The van der Waals surface area contributed by atoms with Crippen molar-refractivity contribution in [3.63, 3.8) is 0 Å². The van der Waals surface area contributed by atoms with E-state index in [2.05, 4.69) is 23.5 Å². The molecule has 44 heavy (non-hydrogen) atoms. The number of carbonyl (C=O) groups excluding carboxylic acids is 3. The average Bonchev–Trinajstić information content (AvgIpc) is 3.74. The van der Waals surface area contributed by atoms with Crippen LogP contribution in [0, 0.1) is 17.8 Å². The van der Waals surface area contributed by atoms with E-state index in [9.17, 15) is 19.5 Å². The Labute approximate surface area is 258 Å². The topological polar surface area (TPSA) is 127 Å². The molecule has 238 valence electrons. The average molecular weight is 608 g/mol. The van der Waals surface area contributed by atoms with Crippen molar-refractivity contribution >= 4 is 28.8 Å². The normalized spacial score (nSPS) is 28.0. The summed E-state index contributed by atoms with van der Waals surface area (Å²) < 4.78 is 14.3.